The zero-order valence-electron chi connectivity index (χ0n) is 14.3. The molecule has 5 nitrogen and oxygen atoms in total. The van der Waals surface area contributed by atoms with Crippen LogP contribution in [0.1, 0.15) is 45.6 Å². The summed E-state index contributed by atoms with van der Waals surface area (Å²) in [5.74, 6) is 0.218. The zero-order chi connectivity index (χ0) is 18.8. The highest BCUT2D eigenvalue weighted by Gasteiger charge is 2.33. The fraction of sp³-hybridized carbons (Fsp3) is 0.625. The molecule has 1 aliphatic rings. The molecule has 1 atom stereocenters. The number of alkyl carbamates (subject to hydrolysis) is 1. The average molecular weight is 380 g/mol. The summed E-state index contributed by atoms with van der Waals surface area (Å²) in [4.78, 5) is 17.6. The maximum atomic E-state index is 12.8. The molecule has 1 aromatic rings. The smallest absolute Gasteiger partial charge is 0.417 e. The number of hydrogen-bond donors (Lipinski definition) is 1. The van der Waals surface area contributed by atoms with E-state index in [0.717, 1.165) is 25.1 Å². The monoisotopic (exact) mass is 379 g/mol. The van der Waals surface area contributed by atoms with E-state index in [9.17, 15) is 18.0 Å². The molecule has 0 spiro atoms. The van der Waals surface area contributed by atoms with Gasteiger partial charge in [0.2, 0.25) is 0 Å². The summed E-state index contributed by atoms with van der Waals surface area (Å²) >= 11 is 6.03. The Morgan fingerprint density at radius 1 is 1.36 bits per heavy atom. The minimum atomic E-state index is -4.51. The fourth-order valence-corrected chi connectivity index (χ4v) is 2.85. The van der Waals surface area contributed by atoms with Crippen molar-refractivity contribution in [2.24, 2.45) is 0 Å². The summed E-state index contributed by atoms with van der Waals surface area (Å²) in [6, 6.07) is 0.850. The number of alkyl halides is 3. The van der Waals surface area contributed by atoms with E-state index in [-0.39, 0.29) is 10.8 Å². The standard InChI is InChI=1S/C16H21ClF3N3O2/c1-15(2,3)25-14(24)22-12-6-4-5-7-23(12)13-11(17)8-10(9-21-13)16(18,19)20/h8-9,12H,4-7H2,1-3H3,(H,22,24). The molecule has 1 amide bonds. The Labute approximate surface area is 149 Å². The van der Waals surface area contributed by atoms with E-state index in [1.54, 1.807) is 25.7 Å². The Hall–Kier alpha value is -1.70. The number of piperidine rings is 1. The fourth-order valence-electron chi connectivity index (χ4n) is 2.58. The lowest BCUT2D eigenvalue weighted by molar-refractivity contribution is -0.137. The Kier molecular flexibility index (Phi) is 5.71. The number of halogens is 4. The van der Waals surface area contributed by atoms with Crippen LogP contribution in [0.4, 0.5) is 23.8 Å². The maximum absolute atomic E-state index is 12.8. The van der Waals surface area contributed by atoms with Gasteiger partial charge in [0.15, 0.2) is 0 Å². The first-order valence-electron chi connectivity index (χ1n) is 7.96. The van der Waals surface area contributed by atoms with Gasteiger partial charge in [0.25, 0.3) is 0 Å². The van der Waals surface area contributed by atoms with Gasteiger partial charge in [0, 0.05) is 12.7 Å². The van der Waals surface area contributed by atoms with Crippen LogP contribution in [-0.2, 0) is 10.9 Å². The highest BCUT2D eigenvalue weighted by molar-refractivity contribution is 6.33. The third-order valence-corrected chi connectivity index (χ3v) is 3.89. The Balaban J connectivity index is 2.19. The molecule has 1 unspecified atom stereocenters. The Morgan fingerprint density at radius 3 is 2.60 bits per heavy atom. The highest BCUT2D eigenvalue weighted by atomic mass is 35.5. The Morgan fingerprint density at radius 2 is 2.04 bits per heavy atom. The first-order valence-corrected chi connectivity index (χ1v) is 8.34. The molecule has 1 fully saturated rings. The number of nitrogens with zero attached hydrogens (tertiary/aromatic N) is 2. The van der Waals surface area contributed by atoms with Crippen molar-refractivity contribution in [1.82, 2.24) is 10.3 Å². The van der Waals surface area contributed by atoms with Crippen LogP contribution in [0.5, 0.6) is 0 Å². The van der Waals surface area contributed by atoms with Crippen molar-refractivity contribution in [3.05, 3.63) is 22.8 Å². The molecule has 2 heterocycles. The van der Waals surface area contributed by atoms with Gasteiger partial charge < -0.3 is 15.0 Å². The summed E-state index contributed by atoms with van der Waals surface area (Å²) in [6.07, 6.45) is -2.47. The predicted molar refractivity (Wildman–Crippen MR) is 88.6 cm³/mol. The van der Waals surface area contributed by atoms with Crippen molar-refractivity contribution >= 4 is 23.5 Å². The molecule has 9 heteroatoms. The van der Waals surface area contributed by atoms with Gasteiger partial charge in [0.1, 0.15) is 17.6 Å². The van der Waals surface area contributed by atoms with E-state index in [4.69, 9.17) is 16.3 Å². The highest BCUT2D eigenvalue weighted by Crippen LogP contribution is 2.35. The SMILES string of the molecule is CC(C)(C)OC(=O)NC1CCCCN1c1ncc(C(F)(F)F)cc1Cl. The average Bonchev–Trinajstić information content (AvgIpc) is 2.45. The second-order valence-electron chi connectivity index (χ2n) is 6.88. The van der Waals surface area contributed by atoms with Crippen LogP contribution in [0.3, 0.4) is 0 Å². The number of carbonyl (C=O) groups is 1. The van der Waals surface area contributed by atoms with Gasteiger partial charge in [-0.25, -0.2) is 9.78 Å². The van der Waals surface area contributed by atoms with Crippen molar-refractivity contribution in [1.29, 1.82) is 0 Å². The number of pyridine rings is 1. The van der Waals surface area contributed by atoms with E-state index >= 15 is 0 Å². The van der Waals surface area contributed by atoms with Gasteiger partial charge in [0.05, 0.1) is 10.6 Å². The number of carbonyl (C=O) groups excluding carboxylic acids is 1. The molecular formula is C16H21ClF3N3O2. The Bertz CT molecular complexity index is 632. The van der Waals surface area contributed by atoms with Crippen LogP contribution in [0.2, 0.25) is 5.02 Å². The molecular weight excluding hydrogens is 359 g/mol. The minimum absolute atomic E-state index is 0.104. The molecule has 140 valence electrons. The number of nitrogens with one attached hydrogen (secondary N) is 1. The number of aromatic nitrogens is 1. The third-order valence-electron chi connectivity index (χ3n) is 3.61. The normalized spacial score (nSPS) is 18.8. The molecule has 0 aromatic carbocycles. The van der Waals surface area contributed by atoms with Crippen molar-refractivity contribution in [3.63, 3.8) is 0 Å². The molecule has 0 bridgehead atoms. The third kappa shape index (κ3) is 5.39. The summed E-state index contributed by atoms with van der Waals surface area (Å²) in [6.45, 7) is 5.77. The summed E-state index contributed by atoms with van der Waals surface area (Å²) in [5.41, 5.74) is -1.55. The molecule has 2 rings (SSSR count). The van der Waals surface area contributed by atoms with E-state index in [1.807, 2.05) is 0 Å². The van der Waals surface area contributed by atoms with E-state index in [0.29, 0.717) is 13.0 Å². The number of rotatable bonds is 2. The van der Waals surface area contributed by atoms with Crippen LogP contribution in [0, 0.1) is 0 Å². The lowest BCUT2D eigenvalue weighted by atomic mass is 10.1. The molecule has 0 aliphatic carbocycles. The molecule has 1 saturated heterocycles. The summed E-state index contributed by atoms with van der Waals surface area (Å²) in [5, 5.41) is 2.64. The van der Waals surface area contributed by atoms with Crippen LogP contribution in [0.25, 0.3) is 0 Å². The van der Waals surface area contributed by atoms with Gasteiger partial charge in [-0.05, 0) is 46.1 Å². The topological polar surface area (TPSA) is 54.5 Å². The van der Waals surface area contributed by atoms with Gasteiger partial charge in [-0.2, -0.15) is 13.2 Å². The van der Waals surface area contributed by atoms with Crippen molar-refractivity contribution in [2.45, 2.75) is 58.0 Å². The van der Waals surface area contributed by atoms with E-state index in [1.165, 1.54) is 0 Å². The van der Waals surface area contributed by atoms with E-state index < -0.39 is 29.6 Å². The number of amides is 1. The molecule has 0 saturated carbocycles. The molecule has 1 aromatic heterocycles. The van der Waals surface area contributed by atoms with Gasteiger partial charge in [-0.3, -0.25) is 0 Å². The molecule has 0 radical (unpaired) electrons. The quantitative estimate of drug-likeness (QED) is 0.816. The van der Waals surface area contributed by atoms with Crippen LogP contribution < -0.4 is 10.2 Å². The number of ether oxygens (including phenoxy) is 1. The lowest BCUT2D eigenvalue weighted by Gasteiger charge is -2.37. The van der Waals surface area contributed by atoms with Gasteiger partial charge >= 0.3 is 12.3 Å². The van der Waals surface area contributed by atoms with Crippen molar-refractivity contribution in [2.75, 3.05) is 11.4 Å². The van der Waals surface area contributed by atoms with Crippen LogP contribution in [0.15, 0.2) is 12.3 Å². The molecule has 1 aliphatic heterocycles. The van der Waals surface area contributed by atoms with Crippen molar-refractivity contribution in [3.8, 4) is 0 Å². The summed E-state index contributed by atoms with van der Waals surface area (Å²) < 4.78 is 43.5. The predicted octanol–water partition coefficient (Wildman–Crippen LogP) is 4.59. The lowest BCUT2D eigenvalue weighted by Crippen LogP contribution is -2.52. The minimum Gasteiger partial charge on any atom is -0.444 e. The van der Waals surface area contributed by atoms with Crippen molar-refractivity contribution < 1.29 is 22.7 Å². The van der Waals surface area contributed by atoms with Gasteiger partial charge in [-0.1, -0.05) is 11.6 Å². The number of hydrogen-bond acceptors (Lipinski definition) is 4. The number of anilines is 1. The second kappa shape index (κ2) is 7.27. The maximum Gasteiger partial charge on any atom is 0.417 e. The summed E-state index contributed by atoms with van der Waals surface area (Å²) in [7, 11) is 0. The second-order valence-corrected chi connectivity index (χ2v) is 7.29. The van der Waals surface area contributed by atoms with Crippen LogP contribution in [-0.4, -0.2) is 29.4 Å². The van der Waals surface area contributed by atoms with Crippen LogP contribution >= 0.6 is 11.6 Å². The van der Waals surface area contributed by atoms with E-state index in [2.05, 4.69) is 10.3 Å². The molecule has 1 N–H and O–H groups in total. The largest absolute Gasteiger partial charge is 0.444 e. The first-order chi connectivity index (χ1) is 11.5. The first kappa shape index (κ1) is 19.6. The molecule has 25 heavy (non-hydrogen) atoms. The zero-order valence-corrected chi connectivity index (χ0v) is 15.0. The van der Waals surface area contributed by atoms with Gasteiger partial charge in [-0.15, -0.1) is 0 Å².